The first-order chi connectivity index (χ1) is 9.84. The minimum absolute atomic E-state index is 0.206. The molecule has 0 radical (unpaired) electrons. The number of fused-ring (bicyclic) bond motifs is 4. The Kier molecular flexibility index (Phi) is 2.62. The van der Waals surface area contributed by atoms with Crippen molar-refractivity contribution in [1.29, 1.82) is 0 Å². The molecule has 2 heteroatoms. The van der Waals surface area contributed by atoms with E-state index in [4.69, 9.17) is 0 Å². The fraction of sp³-hybridized carbons (Fsp3) is 0.278. The molecule has 1 amide bonds. The molecule has 1 fully saturated rings. The predicted octanol–water partition coefficient (Wildman–Crippen LogP) is 3.57. The Morgan fingerprint density at radius 1 is 0.950 bits per heavy atom. The second-order valence-electron chi connectivity index (χ2n) is 5.69. The van der Waals surface area contributed by atoms with Gasteiger partial charge in [-0.05, 0) is 42.0 Å². The molecule has 2 aliphatic rings. The maximum absolute atomic E-state index is 12.8. The number of carbonyl (C=O) groups is 1. The highest BCUT2D eigenvalue weighted by atomic mass is 16.2. The lowest BCUT2D eigenvalue weighted by Gasteiger charge is -2.30. The van der Waals surface area contributed by atoms with Gasteiger partial charge in [0.15, 0.2) is 0 Å². The third kappa shape index (κ3) is 1.68. The summed E-state index contributed by atoms with van der Waals surface area (Å²) < 4.78 is 0. The van der Waals surface area contributed by atoms with Crippen molar-refractivity contribution in [2.24, 2.45) is 0 Å². The average Bonchev–Trinajstić information content (AvgIpc) is 2.95. The SMILES string of the molecule is O=C1c2ccccc2Cc2ccccc2C2CCCN12. The Bertz CT molecular complexity index is 677. The van der Waals surface area contributed by atoms with Crippen molar-refractivity contribution in [1.82, 2.24) is 4.90 Å². The molecule has 1 unspecified atom stereocenters. The van der Waals surface area contributed by atoms with Gasteiger partial charge >= 0.3 is 0 Å². The summed E-state index contributed by atoms with van der Waals surface area (Å²) >= 11 is 0. The summed E-state index contributed by atoms with van der Waals surface area (Å²) in [4.78, 5) is 14.9. The minimum Gasteiger partial charge on any atom is -0.332 e. The summed E-state index contributed by atoms with van der Waals surface area (Å²) in [5, 5.41) is 0. The number of carbonyl (C=O) groups excluding carboxylic acids is 1. The highest BCUT2D eigenvalue weighted by molar-refractivity contribution is 5.96. The Morgan fingerprint density at radius 3 is 2.60 bits per heavy atom. The number of rotatable bonds is 0. The molecule has 4 rings (SSSR count). The molecule has 0 bridgehead atoms. The molecule has 100 valence electrons. The van der Waals surface area contributed by atoms with Crippen LogP contribution in [0.4, 0.5) is 0 Å². The largest absolute Gasteiger partial charge is 0.332 e. The number of benzene rings is 2. The van der Waals surface area contributed by atoms with Crippen LogP contribution in [0.15, 0.2) is 48.5 Å². The molecule has 1 atom stereocenters. The van der Waals surface area contributed by atoms with Crippen LogP contribution in [0.2, 0.25) is 0 Å². The maximum atomic E-state index is 12.8. The highest BCUT2D eigenvalue weighted by Gasteiger charge is 2.34. The van der Waals surface area contributed by atoms with E-state index in [0.717, 1.165) is 36.9 Å². The number of nitrogens with zero attached hydrogens (tertiary/aromatic N) is 1. The van der Waals surface area contributed by atoms with Gasteiger partial charge < -0.3 is 4.90 Å². The molecule has 0 saturated carbocycles. The first-order valence-electron chi connectivity index (χ1n) is 7.31. The van der Waals surface area contributed by atoms with E-state index in [-0.39, 0.29) is 11.9 Å². The van der Waals surface area contributed by atoms with Crippen LogP contribution in [0.1, 0.15) is 45.9 Å². The molecule has 2 aromatic rings. The quantitative estimate of drug-likeness (QED) is 0.711. The van der Waals surface area contributed by atoms with Crippen molar-refractivity contribution in [2.75, 3.05) is 6.54 Å². The number of hydrogen-bond donors (Lipinski definition) is 0. The summed E-state index contributed by atoms with van der Waals surface area (Å²) in [6.07, 6.45) is 3.06. The van der Waals surface area contributed by atoms with Crippen molar-refractivity contribution in [3.05, 3.63) is 70.8 Å². The van der Waals surface area contributed by atoms with E-state index in [1.807, 2.05) is 18.2 Å². The van der Waals surface area contributed by atoms with Crippen molar-refractivity contribution < 1.29 is 4.79 Å². The molecule has 1 saturated heterocycles. The van der Waals surface area contributed by atoms with Gasteiger partial charge in [0.1, 0.15) is 0 Å². The van der Waals surface area contributed by atoms with Crippen LogP contribution in [-0.2, 0) is 6.42 Å². The van der Waals surface area contributed by atoms with Crippen LogP contribution in [0.3, 0.4) is 0 Å². The minimum atomic E-state index is 0.206. The van der Waals surface area contributed by atoms with Gasteiger partial charge in [0.25, 0.3) is 5.91 Å². The molecule has 2 aliphatic heterocycles. The van der Waals surface area contributed by atoms with Crippen LogP contribution in [0, 0.1) is 0 Å². The molecule has 0 N–H and O–H groups in total. The highest BCUT2D eigenvalue weighted by Crippen LogP contribution is 2.37. The molecule has 0 aromatic heterocycles. The summed E-state index contributed by atoms with van der Waals surface area (Å²) in [6.45, 7) is 0.881. The van der Waals surface area contributed by atoms with E-state index in [9.17, 15) is 4.79 Å². The zero-order valence-electron chi connectivity index (χ0n) is 11.4. The molecule has 0 spiro atoms. The van der Waals surface area contributed by atoms with Gasteiger partial charge in [0.05, 0.1) is 6.04 Å². The fourth-order valence-corrected chi connectivity index (χ4v) is 3.60. The van der Waals surface area contributed by atoms with Gasteiger partial charge in [0, 0.05) is 12.1 Å². The van der Waals surface area contributed by atoms with Gasteiger partial charge in [-0.2, -0.15) is 0 Å². The molecule has 2 heterocycles. The van der Waals surface area contributed by atoms with Crippen LogP contribution in [0.5, 0.6) is 0 Å². The maximum Gasteiger partial charge on any atom is 0.254 e. The lowest BCUT2D eigenvalue weighted by molar-refractivity contribution is 0.0732. The van der Waals surface area contributed by atoms with Gasteiger partial charge in [-0.3, -0.25) is 4.79 Å². The molecule has 2 aromatic carbocycles. The summed E-state index contributed by atoms with van der Waals surface area (Å²) in [6, 6.07) is 16.9. The van der Waals surface area contributed by atoms with E-state index in [2.05, 4.69) is 35.2 Å². The van der Waals surface area contributed by atoms with E-state index in [1.54, 1.807) is 0 Å². The second-order valence-corrected chi connectivity index (χ2v) is 5.69. The van der Waals surface area contributed by atoms with E-state index in [1.165, 1.54) is 11.1 Å². The van der Waals surface area contributed by atoms with Gasteiger partial charge in [0.2, 0.25) is 0 Å². The Labute approximate surface area is 119 Å². The van der Waals surface area contributed by atoms with Gasteiger partial charge in [-0.1, -0.05) is 42.5 Å². The van der Waals surface area contributed by atoms with Crippen LogP contribution in [0.25, 0.3) is 0 Å². The van der Waals surface area contributed by atoms with Crippen LogP contribution >= 0.6 is 0 Å². The predicted molar refractivity (Wildman–Crippen MR) is 78.7 cm³/mol. The van der Waals surface area contributed by atoms with Crippen LogP contribution < -0.4 is 0 Å². The van der Waals surface area contributed by atoms with Crippen molar-refractivity contribution in [3.63, 3.8) is 0 Å². The molecule has 0 aliphatic carbocycles. The first kappa shape index (κ1) is 11.7. The molecule has 20 heavy (non-hydrogen) atoms. The Balaban J connectivity index is 1.94. The standard InChI is InChI=1S/C18H17NO/c20-18-16-9-4-2-7-14(16)12-13-6-1-3-8-15(13)17-10-5-11-19(17)18/h1-4,6-9,17H,5,10-12H2. The zero-order chi connectivity index (χ0) is 13.5. The van der Waals surface area contributed by atoms with Gasteiger partial charge in [-0.25, -0.2) is 0 Å². The first-order valence-corrected chi connectivity index (χ1v) is 7.31. The summed E-state index contributed by atoms with van der Waals surface area (Å²) in [5.41, 5.74) is 4.74. The third-order valence-corrected chi connectivity index (χ3v) is 4.56. The Morgan fingerprint density at radius 2 is 1.70 bits per heavy atom. The summed E-state index contributed by atoms with van der Waals surface area (Å²) in [7, 11) is 0. The molecule has 2 nitrogen and oxygen atoms in total. The third-order valence-electron chi connectivity index (χ3n) is 4.56. The van der Waals surface area contributed by atoms with Gasteiger partial charge in [-0.15, -0.1) is 0 Å². The fourth-order valence-electron chi connectivity index (χ4n) is 3.60. The van der Waals surface area contributed by atoms with E-state index in [0.29, 0.717) is 0 Å². The van der Waals surface area contributed by atoms with Crippen molar-refractivity contribution >= 4 is 5.91 Å². The van der Waals surface area contributed by atoms with Crippen LogP contribution in [-0.4, -0.2) is 17.4 Å². The Hall–Kier alpha value is -2.09. The zero-order valence-corrected chi connectivity index (χ0v) is 11.4. The monoisotopic (exact) mass is 263 g/mol. The van der Waals surface area contributed by atoms with E-state index < -0.39 is 0 Å². The smallest absolute Gasteiger partial charge is 0.254 e. The van der Waals surface area contributed by atoms with Crippen molar-refractivity contribution in [2.45, 2.75) is 25.3 Å². The topological polar surface area (TPSA) is 20.3 Å². The second kappa shape index (κ2) is 4.48. The lowest BCUT2D eigenvalue weighted by atomic mass is 9.89. The normalized spacial score (nSPS) is 20.7. The summed E-state index contributed by atoms with van der Waals surface area (Å²) in [5.74, 6) is 0.206. The average molecular weight is 263 g/mol. The molecular formula is C18H17NO. The number of hydrogen-bond acceptors (Lipinski definition) is 1. The molecular weight excluding hydrogens is 246 g/mol. The number of amides is 1. The van der Waals surface area contributed by atoms with Crippen molar-refractivity contribution in [3.8, 4) is 0 Å². The van der Waals surface area contributed by atoms with E-state index >= 15 is 0 Å². The lowest BCUT2D eigenvalue weighted by Crippen LogP contribution is -2.33.